The summed E-state index contributed by atoms with van der Waals surface area (Å²) in [5.41, 5.74) is 1.24. The van der Waals surface area contributed by atoms with Gasteiger partial charge >= 0.3 is 0 Å². The maximum absolute atomic E-state index is 6.05. The first kappa shape index (κ1) is 14.2. The molecule has 0 saturated carbocycles. The summed E-state index contributed by atoms with van der Waals surface area (Å²) in [5.74, 6) is 0. The minimum absolute atomic E-state index is 0.837. The van der Waals surface area contributed by atoms with Crippen molar-refractivity contribution >= 4 is 34.2 Å². The number of halogens is 2. The van der Waals surface area contributed by atoms with Crippen molar-refractivity contribution in [2.45, 2.75) is 19.9 Å². The van der Waals surface area contributed by atoms with E-state index in [1.807, 2.05) is 6.07 Å². The van der Waals surface area contributed by atoms with E-state index >= 15 is 0 Å². The molecule has 1 aromatic rings. The predicted octanol–water partition coefficient (Wildman–Crippen LogP) is 3.03. The summed E-state index contributed by atoms with van der Waals surface area (Å²) in [5, 5.41) is 7.57. The fourth-order valence-electron chi connectivity index (χ4n) is 1.36. The predicted molar refractivity (Wildman–Crippen MR) is 79.0 cm³/mol. The molecule has 0 aliphatic rings. The lowest BCUT2D eigenvalue weighted by molar-refractivity contribution is 0.607. The first-order valence-corrected chi connectivity index (χ1v) is 7.05. The van der Waals surface area contributed by atoms with Crippen molar-refractivity contribution in [3.05, 3.63) is 32.4 Å². The Morgan fingerprint density at radius 1 is 1.19 bits per heavy atom. The molecule has 1 aromatic carbocycles. The zero-order valence-corrected chi connectivity index (χ0v) is 12.4. The van der Waals surface area contributed by atoms with Crippen LogP contribution in [-0.4, -0.2) is 19.6 Å². The van der Waals surface area contributed by atoms with E-state index in [2.05, 4.69) is 52.3 Å². The summed E-state index contributed by atoms with van der Waals surface area (Å²) in [6.45, 7) is 6.16. The third-order valence-electron chi connectivity index (χ3n) is 2.22. The number of benzene rings is 1. The van der Waals surface area contributed by atoms with Gasteiger partial charge in [0.15, 0.2) is 0 Å². The van der Waals surface area contributed by atoms with Crippen LogP contribution in [-0.2, 0) is 6.54 Å². The molecule has 0 saturated heterocycles. The summed E-state index contributed by atoms with van der Waals surface area (Å²) in [6.07, 6.45) is 1.19. The second-order valence-corrected chi connectivity index (χ2v) is 5.24. The lowest BCUT2D eigenvalue weighted by atomic mass is 10.2. The van der Waals surface area contributed by atoms with Crippen LogP contribution in [0.25, 0.3) is 0 Å². The Morgan fingerprint density at radius 3 is 2.62 bits per heavy atom. The van der Waals surface area contributed by atoms with E-state index in [4.69, 9.17) is 11.6 Å². The molecule has 0 aliphatic heterocycles. The van der Waals surface area contributed by atoms with Gasteiger partial charge in [-0.15, -0.1) is 0 Å². The number of hydrogen-bond acceptors (Lipinski definition) is 2. The normalized spacial score (nSPS) is 10.7. The van der Waals surface area contributed by atoms with Gasteiger partial charge in [-0.25, -0.2) is 0 Å². The Morgan fingerprint density at radius 2 is 1.94 bits per heavy atom. The number of hydrogen-bond donors (Lipinski definition) is 2. The lowest BCUT2D eigenvalue weighted by Crippen LogP contribution is -2.27. The molecule has 2 nitrogen and oxygen atoms in total. The molecule has 0 fully saturated rings. The highest BCUT2D eigenvalue weighted by Crippen LogP contribution is 2.19. The number of nitrogens with one attached hydrogen (secondary N) is 2. The Hall–Kier alpha value is 0.160. The Labute approximate surface area is 116 Å². The molecule has 4 heteroatoms. The van der Waals surface area contributed by atoms with Crippen LogP contribution in [0.5, 0.6) is 0 Å². The van der Waals surface area contributed by atoms with Gasteiger partial charge in [-0.2, -0.15) is 0 Å². The molecular formula is C12H18ClIN2. The van der Waals surface area contributed by atoms with Crippen molar-refractivity contribution in [2.24, 2.45) is 0 Å². The average Bonchev–Trinajstić information content (AvgIpc) is 2.28. The molecule has 1 rings (SSSR count). The largest absolute Gasteiger partial charge is 0.315 e. The van der Waals surface area contributed by atoms with Crippen LogP contribution in [0, 0.1) is 3.57 Å². The van der Waals surface area contributed by atoms with Gasteiger partial charge in [0.05, 0.1) is 5.02 Å². The molecule has 2 N–H and O–H groups in total. The van der Waals surface area contributed by atoms with E-state index in [0.717, 1.165) is 34.8 Å². The molecule has 0 bridgehead atoms. The van der Waals surface area contributed by atoms with Gasteiger partial charge in [0.1, 0.15) is 0 Å². The van der Waals surface area contributed by atoms with E-state index in [1.165, 1.54) is 12.0 Å². The first-order chi connectivity index (χ1) is 7.74. The van der Waals surface area contributed by atoms with Gasteiger partial charge in [0.25, 0.3) is 0 Å². The molecule has 16 heavy (non-hydrogen) atoms. The molecule has 0 aliphatic carbocycles. The fraction of sp³-hybridized carbons (Fsp3) is 0.500. The third kappa shape index (κ3) is 5.48. The summed E-state index contributed by atoms with van der Waals surface area (Å²) in [7, 11) is 0. The highest BCUT2D eigenvalue weighted by molar-refractivity contribution is 14.1. The first-order valence-electron chi connectivity index (χ1n) is 5.59. The third-order valence-corrected chi connectivity index (χ3v) is 3.79. The Balaban J connectivity index is 2.19. The average molecular weight is 353 g/mol. The van der Waals surface area contributed by atoms with Crippen molar-refractivity contribution in [3.63, 3.8) is 0 Å². The fourth-order valence-corrected chi connectivity index (χ4v) is 1.90. The van der Waals surface area contributed by atoms with E-state index in [9.17, 15) is 0 Å². The molecule has 0 aromatic heterocycles. The topological polar surface area (TPSA) is 24.1 Å². The monoisotopic (exact) mass is 352 g/mol. The summed E-state index contributed by atoms with van der Waals surface area (Å²) >= 11 is 8.29. The van der Waals surface area contributed by atoms with E-state index in [0.29, 0.717) is 0 Å². The Kier molecular flexibility index (Phi) is 7.36. The highest BCUT2D eigenvalue weighted by atomic mass is 127. The zero-order valence-electron chi connectivity index (χ0n) is 9.52. The molecule has 0 radical (unpaired) electrons. The minimum atomic E-state index is 0.837. The summed E-state index contributed by atoms with van der Waals surface area (Å²) in [6, 6.07) is 6.19. The standard InChI is InChI=1S/C12H18ClIN2/c1-2-5-15-6-7-16-9-10-3-4-12(14)11(13)8-10/h3-4,8,15-16H,2,5-7,9H2,1H3. The molecule has 0 amide bonds. The van der Waals surface area contributed by atoms with Gasteiger partial charge in [0.2, 0.25) is 0 Å². The molecule has 0 atom stereocenters. The van der Waals surface area contributed by atoms with E-state index < -0.39 is 0 Å². The summed E-state index contributed by atoms with van der Waals surface area (Å²) < 4.78 is 1.10. The van der Waals surface area contributed by atoms with Crippen LogP contribution in [0.1, 0.15) is 18.9 Å². The van der Waals surface area contributed by atoms with E-state index in [1.54, 1.807) is 0 Å². The van der Waals surface area contributed by atoms with Crippen molar-refractivity contribution in [3.8, 4) is 0 Å². The second kappa shape index (κ2) is 8.28. The van der Waals surface area contributed by atoms with Gasteiger partial charge in [0, 0.05) is 23.2 Å². The van der Waals surface area contributed by atoms with Crippen LogP contribution in [0.3, 0.4) is 0 Å². The smallest absolute Gasteiger partial charge is 0.0542 e. The van der Waals surface area contributed by atoms with Gasteiger partial charge in [-0.3, -0.25) is 0 Å². The van der Waals surface area contributed by atoms with Crippen LogP contribution in [0.15, 0.2) is 18.2 Å². The molecule has 0 heterocycles. The Bertz CT molecular complexity index is 318. The SMILES string of the molecule is CCCNCCNCc1ccc(I)c(Cl)c1. The maximum Gasteiger partial charge on any atom is 0.0542 e. The molecule has 0 unspecified atom stereocenters. The minimum Gasteiger partial charge on any atom is -0.315 e. The van der Waals surface area contributed by atoms with Crippen molar-refractivity contribution in [1.82, 2.24) is 10.6 Å². The second-order valence-electron chi connectivity index (χ2n) is 3.68. The van der Waals surface area contributed by atoms with Crippen LogP contribution < -0.4 is 10.6 Å². The van der Waals surface area contributed by atoms with Crippen LogP contribution in [0.4, 0.5) is 0 Å². The van der Waals surface area contributed by atoms with E-state index in [-0.39, 0.29) is 0 Å². The molecule has 90 valence electrons. The van der Waals surface area contributed by atoms with Crippen molar-refractivity contribution in [2.75, 3.05) is 19.6 Å². The quantitative estimate of drug-likeness (QED) is 0.582. The molecular weight excluding hydrogens is 335 g/mol. The van der Waals surface area contributed by atoms with Gasteiger partial charge in [-0.05, 0) is 53.3 Å². The maximum atomic E-state index is 6.05. The van der Waals surface area contributed by atoms with Crippen LogP contribution in [0.2, 0.25) is 5.02 Å². The van der Waals surface area contributed by atoms with Gasteiger partial charge < -0.3 is 10.6 Å². The van der Waals surface area contributed by atoms with Crippen molar-refractivity contribution < 1.29 is 0 Å². The van der Waals surface area contributed by atoms with Crippen LogP contribution >= 0.6 is 34.2 Å². The lowest BCUT2D eigenvalue weighted by Gasteiger charge is -2.06. The van der Waals surface area contributed by atoms with Gasteiger partial charge in [-0.1, -0.05) is 24.6 Å². The molecule has 0 spiro atoms. The zero-order chi connectivity index (χ0) is 11.8. The highest BCUT2D eigenvalue weighted by Gasteiger charge is 1.98. The summed E-state index contributed by atoms with van der Waals surface area (Å²) in [4.78, 5) is 0. The van der Waals surface area contributed by atoms with Crippen molar-refractivity contribution in [1.29, 1.82) is 0 Å². The number of rotatable bonds is 7.